The number of aryl methyl sites for hydroxylation is 1. The number of rotatable bonds is 3. The summed E-state index contributed by atoms with van der Waals surface area (Å²) in [5.41, 5.74) is 2.43. The third-order valence-electron chi connectivity index (χ3n) is 3.32. The molecule has 0 aliphatic rings. The molecule has 23 heavy (non-hydrogen) atoms. The first kappa shape index (κ1) is 15.7. The van der Waals surface area contributed by atoms with Crippen molar-refractivity contribution < 1.29 is 9.21 Å². The molecule has 1 heterocycles. The fraction of sp³-hybridized carbons (Fsp3) is 0.0556. The minimum Gasteiger partial charge on any atom is -0.451 e. The van der Waals surface area contributed by atoms with E-state index in [0.717, 1.165) is 5.56 Å². The summed E-state index contributed by atoms with van der Waals surface area (Å²) in [5.74, 6) is 0.379. The molecule has 5 heteroatoms. The third kappa shape index (κ3) is 3.41. The predicted octanol–water partition coefficient (Wildman–Crippen LogP) is 5.81. The topological polar surface area (TPSA) is 42.2 Å². The van der Waals surface area contributed by atoms with Gasteiger partial charge in [0.1, 0.15) is 5.76 Å². The van der Waals surface area contributed by atoms with Crippen molar-refractivity contribution in [1.29, 1.82) is 0 Å². The summed E-state index contributed by atoms with van der Waals surface area (Å²) in [5, 5.41) is 3.63. The Balaban J connectivity index is 1.84. The maximum Gasteiger partial charge on any atom is 0.291 e. The van der Waals surface area contributed by atoms with Gasteiger partial charge in [0.25, 0.3) is 5.91 Å². The van der Waals surface area contributed by atoms with Gasteiger partial charge in [0.15, 0.2) is 5.76 Å². The van der Waals surface area contributed by atoms with Crippen LogP contribution in [-0.4, -0.2) is 5.91 Å². The van der Waals surface area contributed by atoms with Crippen LogP contribution >= 0.6 is 23.2 Å². The Morgan fingerprint density at radius 2 is 1.83 bits per heavy atom. The summed E-state index contributed by atoms with van der Waals surface area (Å²) in [6.45, 7) is 1.96. The molecule has 0 saturated heterocycles. The van der Waals surface area contributed by atoms with Crippen molar-refractivity contribution in [1.82, 2.24) is 0 Å². The highest BCUT2D eigenvalue weighted by molar-refractivity contribution is 6.43. The molecule has 1 amide bonds. The molecule has 0 fully saturated rings. The minimum atomic E-state index is -0.319. The minimum absolute atomic E-state index is 0.206. The van der Waals surface area contributed by atoms with E-state index in [9.17, 15) is 4.79 Å². The number of benzene rings is 2. The van der Waals surface area contributed by atoms with Gasteiger partial charge in [-0.1, -0.05) is 41.4 Å². The number of nitrogens with one attached hydrogen (secondary N) is 1. The molecule has 3 aromatic rings. The predicted molar refractivity (Wildman–Crippen MR) is 93.3 cm³/mol. The van der Waals surface area contributed by atoms with E-state index >= 15 is 0 Å². The average molecular weight is 346 g/mol. The second-order valence-corrected chi connectivity index (χ2v) is 5.87. The molecule has 1 aromatic heterocycles. The molecule has 0 aliphatic heterocycles. The summed E-state index contributed by atoms with van der Waals surface area (Å²) in [7, 11) is 0. The van der Waals surface area contributed by atoms with E-state index in [1.54, 1.807) is 30.3 Å². The Labute approximate surface area is 143 Å². The van der Waals surface area contributed by atoms with E-state index in [2.05, 4.69) is 5.32 Å². The first-order valence-electron chi connectivity index (χ1n) is 6.97. The van der Waals surface area contributed by atoms with E-state index in [4.69, 9.17) is 27.6 Å². The highest BCUT2D eigenvalue weighted by Gasteiger charge is 2.15. The highest BCUT2D eigenvalue weighted by Crippen LogP contribution is 2.34. The molecule has 0 atom stereocenters. The first-order valence-corrected chi connectivity index (χ1v) is 7.72. The second kappa shape index (κ2) is 6.49. The van der Waals surface area contributed by atoms with Gasteiger partial charge in [0, 0.05) is 11.3 Å². The van der Waals surface area contributed by atoms with Crippen LogP contribution in [0.5, 0.6) is 0 Å². The normalized spacial score (nSPS) is 10.6. The van der Waals surface area contributed by atoms with Gasteiger partial charge in [-0.25, -0.2) is 0 Å². The molecule has 0 bridgehead atoms. The van der Waals surface area contributed by atoms with Gasteiger partial charge >= 0.3 is 0 Å². The Morgan fingerprint density at radius 1 is 1.04 bits per heavy atom. The number of carbonyl (C=O) groups excluding carboxylic acids is 1. The summed E-state index contributed by atoms with van der Waals surface area (Å²) in [6, 6.07) is 16.1. The van der Waals surface area contributed by atoms with Crippen molar-refractivity contribution >= 4 is 34.8 Å². The molecule has 3 nitrogen and oxygen atoms in total. The van der Waals surface area contributed by atoms with Crippen LogP contribution in [0.2, 0.25) is 10.0 Å². The van der Waals surface area contributed by atoms with Crippen LogP contribution in [-0.2, 0) is 0 Å². The van der Waals surface area contributed by atoms with Gasteiger partial charge in [-0.3, -0.25) is 4.79 Å². The number of anilines is 1. The van der Waals surface area contributed by atoms with Crippen LogP contribution in [0.4, 0.5) is 5.69 Å². The van der Waals surface area contributed by atoms with E-state index in [-0.39, 0.29) is 11.7 Å². The number of hydrogen-bond donors (Lipinski definition) is 1. The largest absolute Gasteiger partial charge is 0.451 e. The molecule has 0 unspecified atom stereocenters. The van der Waals surface area contributed by atoms with Gasteiger partial charge in [-0.05, 0) is 48.9 Å². The number of furan rings is 1. The third-order valence-corrected chi connectivity index (χ3v) is 4.14. The molecule has 0 aliphatic carbocycles. The fourth-order valence-corrected chi connectivity index (χ4v) is 2.61. The van der Waals surface area contributed by atoms with Crippen LogP contribution in [0, 0.1) is 6.92 Å². The fourth-order valence-electron chi connectivity index (χ4n) is 2.21. The van der Waals surface area contributed by atoms with E-state index in [0.29, 0.717) is 27.1 Å². The number of halogens is 2. The van der Waals surface area contributed by atoms with Gasteiger partial charge in [-0.2, -0.15) is 0 Å². The van der Waals surface area contributed by atoms with Crippen molar-refractivity contribution in [2.45, 2.75) is 6.92 Å². The lowest BCUT2D eigenvalue weighted by atomic mass is 10.2. The number of hydrogen-bond acceptors (Lipinski definition) is 2. The van der Waals surface area contributed by atoms with Crippen molar-refractivity contribution in [2.75, 3.05) is 5.32 Å². The zero-order valence-corrected chi connectivity index (χ0v) is 13.8. The number of amides is 1. The van der Waals surface area contributed by atoms with Crippen LogP contribution < -0.4 is 5.32 Å². The van der Waals surface area contributed by atoms with Crippen molar-refractivity contribution in [3.63, 3.8) is 0 Å². The molecule has 0 spiro atoms. The Morgan fingerprint density at radius 3 is 2.61 bits per heavy atom. The second-order valence-electron chi connectivity index (χ2n) is 5.09. The lowest BCUT2D eigenvalue weighted by molar-refractivity contribution is 0.0997. The maximum absolute atomic E-state index is 12.3. The van der Waals surface area contributed by atoms with Crippen molar-refractivity contribution in [3.05, 3.63) is 76.0 Å². The van der Waals surface area contributed by atoms with Gasteiger partial charge in [-0.15, -0.1) is 0 Å². The number of carbonyl (C=O) groups is 1. The molecular formula is C18H13Cl2NO2. The molecule has 0 radical (unpaired) electrons. The van der Waals surface area contributed by atoms with Gasteiger partial charge in [0.2, 0.25) is 0 Å². The average Bonchev–Trinajstić information content (AvgIpc) is 3.00. The lowest BCUT2D eigenvalue weighted by Gasteiger charge is -2.04. The summed E-state index contributed by atoms with van der Waals surface area (Å²) < 4.78 is 5.61. The van der Waals surface area contributed by atoms with Crippen LogP contribution in [0.1, 0.15) is 16.1 Å². The standard InChI is InChI=1S/C18H13Cl2NO2/c1-11-4-2-5-12(10-11)21-18(22)16-9-8-15(23-16)13-6-3-7-14(19)17(13)20/h2-10H,1H3,(H,21,22). The Kier molecular flexibility index (Phi) is 4.42. The van der Waals surface area contributed by atoms with E-state index in [1.165, 1.54) is 0 Å². The highest BCUT2D eigenvalue weighted by atomic mass is 35.5. The first-order chi connectivity index (χ1) is 11.0. The van der Waals surface area contributed by atoms with E-state index in [1.807, 2.05) is 31.2 Å². The maximum atomic E-state index is 12.3. The smallest absolute Gasteiger partial charge is 0.291 e. The summed E-state index contributed by atoms with van der Waals surface area (Å²) in [6.07, 6.45) is 0. The molecule has 1 N–H and O–H groups in total. The summed E-state index contributed by atoms with van der Waals surface area (Å²) in [4.78, 5) is 12.3. The van der Waals surface area contributed by atoms with E-state index < -0.39 is 0 Å². The Bertz CT molecular complexity index is 871. The monoisotopic (exact) mass is 345 g/mol. The van der Waals surface area contributed by atoms with Crippen LogP contribution in [0.3, 0.4) is 0 Å². The summed E-state index contributed by atoms with van der Waals surface area (Å²) >= 11 is 12.2. The molecule has 2 aromatic carbocycles. The Hall–Kier alpha value is -2.23. The molecule has 116 valence electrons. The van der Waals surface area contributed by atoms with Gasteiger partial charge < -0.3 is 9.73 Å². The van der Waals surface area contributed by atoms with Crippen LogP contribution in [0.25, 0.3) is 11.3 Å². The van der Waals surface area contributed by atoms with Crippen LogP contribution in [0.15, 0.2) is 59.0 Å². The van der Waals surface area contributed by atoms with Crippen molar-refractivity contribution in [2.24, 2.45) is 0 Å². The molecule has 0 saturated carbocycles. The SMILES string of the molecule is Cc1cccc(NC(=O)c2ccc(-c3cccc(Cl)c3Cl)o2)c1. The lowest BCUT2D eigenvalue weighted by Crippen LogP contribution is -2.10. The van der Waals surface area contributed by atoms with Gasteiger partial charge in [0.05, 0.1) is 10.0 Å². The van der Waals surface area contributed by atoms with Crippen molar-refractivity contribution in [3.8, 4) is 11.3 Å². The zero-order chi connectivity index (χ0) is 16.4. The quantitative estimate of drug-likeness (QED) is 0.650. The molecule has 3 rings (SSSR count). The molecular weight excluding hydrogens is 333 g/mol. The zero-order valence-electron chi connectivity index (χ0n) is 12.3.